The fourth-order valence-electron chi connectivity index (χ4n) is 2.84. The van der Waals surface area contributed by atoms with E-state index in [2.05, 4.69) is 58.4 Å². The Labute approximate surface area is 171 Å². The second kappa shape index (κ2) is 7.96. The van der Waals surface area contributed by atoms with Gasteiger partial charge < -0.3 is 4.57 Å². The van der Waals surface area contributed by atoms with E-state index in [1.807, 2.05) is 18.2 Å². The molecular weight excluding hydrogens is 392 g/mol. The third-order valence-corrected chi connectivity index (χ3v) is 7.44. The maximum absolute atomic E-state index is 4.78. The maximum Gasteiger partial charge on any atom is 0.191 e. The number of hydrogen-bond donors (Lipinski definition) is 0. The predicted molar refractivity (Wildman–Crippen MR) is 116 cm³/mol. The van der Waals surface area contributed by atoms with E-state index < -0.39 is 0 Å². The van der Waals surface area contributed by atoms with Crippen LogP contribution in [0.4, 0.5) is 0 Å². The molecule has 4 nitrogen and oxygen atoms in total. The molecule has 0 saturated carbocycles. The number of benzene rings is 1. The van der Waals surface area contributed by atoms with E-state index in [4.69, 9.17) is 4.98 Å². The summed E-state index contributed by atoms with van der Waals surface area (Å²) in [5, 5.41) is 15.3. The molecule has 3 heterocycles. The first-order chi connectivity index (χ1) is 13.2. The van der Waals surface area contributed by atoms with Crippen LogP contribution in [0, 0.1) is 13.8 Å². The zero-order valence-electron chi connectivity index (χ0n) is 15.5. The van der Waals surface area contributed by atoms with Gasteiger partial charge >= 0.3 is 0 Å². The lowest BCUT2D eigenvalue weighted by atomic mass is 10.1. The van der Waals surface area contributed by atoms with Gasteiger partial charge in [0.2, 0.25) is 0 Å². The minimum atomic E-state index is 0.795. The van der Waals surface area contributed by atoms with Crippen molar-refractivity contribution >= 4 is 34.4 Å². The molecule has 0 radical (unpaired) electrons. The number of thioether (sulfide) groups is 1. The molecule has 4 aromatic rings. The summed E-state index contributed by atoms with van der Waals surface area (Å²) in [7, 11) is 0. The van der Waals surface area contributed by atoms with Crippen LogP contribution < -0.4 is 0 Å². The Morgan fingerprint density at radius 1 is 1.04 bits per heavy atom. The Balaban J connectivity index is 1.52. The lowest BCUT2D eigenvalue weighted by Crippen LogP contribution is -2.00. The molecule has 0 spiro atoms. The van der Waals surface area contributed by atoms with Crippen molar-refractivity contribution in [3.05, 3.63) is 57.2 Å². The molecule has 1 aromatic carbocycles. The van der Waals surface area contributed by atoms with E-state index >= 15 is 0 Å². The topological polar surface area (TPSA) is 43.6 Å². The fourth-order valence-corrected chi connectivity index (χ4v) is 5.53. The first-order valence-electron chi connectivity index (χ1n) is 8.78. The number of aromatic nitrogens is 4. The largest absolute Gasteiger partial charge is 0.302 e. The zero-order chi connectivity index (χ0) is 18.8. The van der Waals surface area contributed by atoms with Crippen LogP contribution in [0.2, 0.25) is 0 Å². The van der Waals surface area contributed by atoms with Crippen molar-refractivity contribution in [2.75, 3.05) is 0 Å². The van der Waals surface area contributed by atoms with Crippen molar-refractivity contribution in [2.24, 2.45) is 0 Å². The summed E-state index contributed by atoms with van der Waals surface area (Å²) in [5.41, 5.74) is 4.74. The van der Waals surface area contributed by atoms with Crippen LogP contribution in [0.1, 0.15) is 23.1 Å². The van der Waals surface area contributed by atoms with Crippen molar-refractivity contribution in [1.29, 1.82) is 0 Å². The quantitative estimate of drug-likeness (QED) is 0.361. The SMILES string of the molecule is CCn1c(SCc2csc(-c3ccccc3)n2)nnc1-c1csc(C)c1C. The molecule has 0 fully saturated rings. The van der Waals surface area contributed by atoms with E-state index in [1.165, 1.54) is 21.6 Å². The fraction of sp³-hybridized carbons (Fsp3) is 0.250. The van der Waals surface area contributed by atoms with Gasteiger partial charge in [0.25, 0.3) is 0 Å². The summed E-state index contributed by atoms with van der Waals surface area (Å²) in [6.07, 6.45) is 0. The highest BCUT2D eigenvalue weighted by atomic mass is 32.2. The van der Waals surface area contributed by atoms with Gasteiger partial charge in [-0.3, -0.25) is 0 Å². The third-order valence-electron chi connectivity index (χ3n) is 4.48. The number of aryl methyl sites for hydroxylation is 1. The van der Waals surface area contributed by atoms with E-state index in [-0.39, 0.29) is 0 Å². The summed E-state index contributed by atoms with van der Waals surface area (Å²) in [6.45, 7) is 7.30. The molecule has 138 valence electrons. The molecule has 3 aromatic heterocycles. The van der Waals surface area contributed by atoms with Gasteiger partial charge in [0.15, 0.2) is 11.0 Å². The third kappa shape index (κ3) is 3.72. The Morgan fingerprint density at radius 2 is 1.85 bits per heavy atom. The summed E-state index contributed by atoms with van der Waals surface area (Å²) >= 11 is 5.16. The standard InChI is InChI=1S/C20H20N4S3/c1-4-24-18(17-12-25-14(3)13(17)2)22-23-20(24)27-11-16-10-26-19(21-16)15-8-6-5-7-9-15/h5-10,12H,4,11H2,1-3H3. The number of nitrogens with zero attached hydrogens (tertiary/aromatic N) is 4. The molecule has 4 rings (SSSR count). The molecule has 0 aliphatic carbocycles. The number of thiophene rings is 1. The van der Waals surface area contributed by atoms with Crippen LogP contribution in [0.25, 0.3) is 22.0 Å². The minimum absolute atomic E-state index is 0.795. The van der Waals surface area contributed by atoms with E-state index in [9.17, 15) is 0 Å². The molecule has 7 heteroatoms. The Kier molecular flexibility index (Phi) is 5.43. The van der Waals surface area contributed by atoms with E-state index in [0.717, 1.165) is 34.0 Å². The van der Waals surface area contributed by atoms with Crippen molar-refractivity contribution in [3.8, 4) is 22.0 Å². The van der Waals surface area contributed by atoms with Crippen molar-refractivity contribution < 1.29 is 0 Å². The second-order valence-electron chi connectivity index (χ2n) is 6.18. The molecule has 0 aliphatic heterocycles. The highest BCUT2D eigenvalue weighted by molar-refractivity contribution is 7.98. The highest BCUT2D eigenvalue weighted by Gasteiger charge is 2.17. The summed E-state index contributed by atoms with van der Waals surface area (Å²) in [4.78, 5) is 6.11. The molecule has 0 bridgehead atoms. The Bertz CT molecular complexity index is 1050. The van der Waals surface area contributed by atoms with Crippen LogP contribution in [0.15, 0.2) is 46.2 Å². The maximum atomic E-state index is 4.78. The van der Waals surface area contributed by atoms with E-state index in [1.54, 1.807) is 34.4 Å². The molecule has 0 amide bonds. The first-order valence-corrected chi connectivity index (χ1v) is 11.5. The van der Waals surface area contributed by atoms with Gasteiger partial charge in [0.05, 0.1) is 5.69 Å². The van der Waals surface area contributed by atoms with E-state index in [0.29, 0.717) is 0 Å². The Morgan fingerprint density at radius 3 is 2.56 bits per heavy atom. The van der Waals surface area contributed by atoms with Gasteiger partial charge in [-0.05, 0) is 26.3 Å². The van der Waals surface area contributed by atoms with Crippen LogP contribution in [0.3, 0.4) is 0 Å². The average molecular weight is 413 g/mol. The van der Waals surface area contributed by atoms with Crippen LogP contribution in [-0.4, -0.2) is 19.7 Å². The molecule has 27 heavy (non-hydrogen) atoms. The normalized spacial score (nSPS) is 11.2. The lowest BCUT2D eigenvalue weighted by molar-refractivity contribution is 0.687. The molecular formula is C20H20N4S3. The summed E-state index contributed by atoms with van der Waals surface area (Å²) in [5.74, 6) is 1.76. The number of hydrogen-bond acceptors (Lipinski definition) is 6. The summed E-state index contributed by atoms with van der Waals surface area (Å²) < 4.78 is 2.20. The van der Waals surface area contributed by atoms with Gasteiger partial charge in [-0.25, -0.2) is 4.98 Å². The summed E-state index contributed by atoms with van der Waals surface area (Å²) in [6, 6.07) is 10.3. The molecule has 0 N–H and O–H groups in total. The van der Waals surface area contributed by atoms with Gasteiger partial charge in [-0.2, -0.15) is 0 Å². The molecule has 0 atom stereocenters. The Hall–Kier alpha value is -1.96. The molecule has 0 unspecified atom stereocenters. The second-order valence-corrected chi connectivity index (χ2v) is 9.06. The highest BCUT2D eigenvalue weighted by Crippen LogP contribution is 2.33. The number of thiazole rings is 1. The smallest absolute Gasteiger partial charge is 0.191 e. The van der Waals surface area contributed by atoms with Gasteiger partial charge in [0.1, 0.15) is 5.01 Å². The van der Waals surface area contributed by atoms with Crippen molar-refractivity contribution in [1.82, 2.24) is 19.7 Å². The molecule has 0 saturated heterocycles. The predicted octanol–water partition coefficient (Wildman–Crippen LogP) is 6.06. The number of rotatable bonds is 6. The van der Waals surface area contributed by atoms with Gasteiger partial charge in [0, 0.05) is 39.1 Å². The first kappa shape index (κ1) is 18.4. The average Bonchev–Trinajstić information content (AvgIpc) is 3.40. The lowest BCUT2D eigenvalue weighted by Gasteiger charge is -2.06. The van der Waals surface area contributed by atoms with Crippen LogP contribution >= 0.6 is 34.4 Å². The zero-order valence-corrected chi connectivity index (χ0v) is 17.9. The van der Waals surface area contributed by atoms with Crippen LogP contribution in [0.5, 0.6) is 0 Å². The van der Waals surface area contributed by atoms with Crippen LogP contribution in [-0.2, 0) is 12.3 Å². The van der Waals surface area contributed by atoms with Crippen molar-refractivity contribution in [3.63, 3.8) is 0 Å². The monoisotopic (exact) mass is 412 g/mol. The van der Waals surface area contributed by atoms with Gasteiger partial charge in [-0.1, -0.05) is 42.1 Å². The van der Waals surface area contributed by atoms with Gasteiger partial charge in [-0.15, -0.1) is 32.9 Å². The minimum Gasteiger partial charge on any atom is -0.302 e. The van der Waals surface area contributed by atoms with Crippen molar-refractivity contribution in [2.45, 2.75) is 38.2 Å². The molecule has 0 aliphatic rings.